The van der Waals surface area contributed by atoms with Crippen molar-refractivity contribution in [1.29, 1.82) is 0 Å². The second kappa shape index (κ2) is 5.98. The highest BCUT2D eigenvalue weighted by Crippen LogP contribution is 2.40. The Labute approximate surface area is 140 Å². The lowest BCUT2D eigenvalue weighted by atomic mass is 9.83. The standard InChI is InChI=1S/C19H20FN3O/c20-16-6-4-15(5-7-16)13-23-12-9-19(23)8-11-22(14-19)18(24)17-3-1-2-10-21-17/h1-7,10H,8-9,11-14H2. The van der Waals surface area contributed by atoms with Gasteiger partial charge in [0, 0.05) is 37.9 Å². The maximum Gasteiger partial charge on any atom is 0.272 e. The predicted molar refractivity (Wildman–Crippen MR) is 88.9 cm³/mol. The van der Waals surface area contributed by atoms with Crippen LogP contribution in [0.1, 0.15) is 28.9 Å². The first kappa shape index (κ1) is 15.3. The third kappa shape index (κ3) is 2.69. The van der Waals surface area contributed by atoms with E-state index in [9.17, 15) is 9.18 Å². The van der Waals surface area contributed by atoms with Crippen molar-refractivity contribution in [2.75, 3.05) is 19.6 Å². The minimum Gasteiger partial charge on any atom is -0.335 e. The molecule has 124 valence electrons. The number of likely N-dealkylation sites (tertiary alicyclic amines) is 2. The molecule has 1 spiro atoms. The van der Waals surface area contributed by atoms with Gasteiger partial charge in [-0.25, -0.2) is 4.39 Å². The number of benzene rings is 1. The fourth-order valence-electron chi connectivity index (χ4n) is 3.79. The third-order valence-electron chi connectivity index (χ3n) is 5.31. The zero-order valence-electron chi connectivity index (χ0n) is 13.5. The Bertz CT molecular complexity index is 734. The first-order chi connectivity index (χ1) is 11.7. The number of halogens is 1. The normalized spacial score (nSPS) is 23.5. The fraction of sp³-hybridized carbons (Fsp3) is 0.368. The highest BCUT2D eigenvalue weighted by atomic mass is 19.1. The number of aromatic nitrogens is 1. The molecule has 4 nitrogen and oxygen atoms in total. The third-order valence-corrected chi connectivity index (χ3v) is 5.31. The summed E-state index contributed by atoms with van der Waals surface area (Å²) in [6.45, 7) is 3.37. The Morgan fingerprint density at radius 1 is 1.12 bits per heavy atom. The van der Waals surface area contributed by atoms with Crippen LogP contribution in [0.5, 0.6) is 0 Å². The van der Waals surface area contributed by atoms with E-state index in [1.54, 1.807) is 12.3 Å². The molecule has 1 unspecified atom stereocenters. The van der Waals surface area contributed by atoms with Gasteiger partial charge in [0.15, 0.2) is 0 Å². The van der Waals surface area contributed by atoms with Crippen molar-refractivity contribution in [1.82, 2.24) is 14.8 Å². The molecule has 3 heterocycles. The van der Waals surface area contributed by atoms with Crippen molar-refractivity contribution in [2.45, 2.75) is 24.9 Å². The summed E-state index contributed by atoms with van der Waals surface area (Å²) < 4.78 is 13.1. The number of hydrogen-bond donors (Lipinski definition) is 0. The highest BCUT2D eigenvalue weighted by molar-refractivity contribution is 5.92. The van der Waals surface area contributed by atoms with Gasteiger partial charge in [-0.3, -0.25) is 14.7 Å². The molecule has 5 heteroatoms. The van der Waals surface area contributed by atoms with E-state index in [0.29, 0.717) is 5.69 Å². The van der Waals surface area contributed by atoms with Gasteiger partial charge in [-0.05, 0) is 42.7 Å². The van der Waals surface area contributed by atoms with Crippen LogP contribution >= 0.6 is 0 Å². The predicted octanol–water partition coefficient (Wildman–Crippen LogP) is 2.71. The molecule has 0 saturated carbocycles. The van der Waals surface area contributed by atoms with Crippen molar-refractivity contribution < 1.29 is 9.18 Å². The molecule has 4 rings (SSSR count). The summed E-state index contributed by atoms with van der Waals surface area (Å²) in [6.07, 6.45) is 3.76. The van der Waals surface area contributed by atoms with Crippen LogP contribution in [-0.2, 0) is 6.54 Å². The first-order valence-corrected chi connectivity index (χ1v) is 8.36. The lowest BCUT2D eigenvalue weighted by Gasteiger charge is -2.50. The van der Waals surface area contributed by atoms with Crippen molar-refractivity contribution in [3.63, 3.8) is 0 Å². The smallest absolute Gasteiger partial charge is 0.272 e. The quantitative estimate of drug-likeness (QED) is 0.871. The van der Waals surface area contributed by atoms with Gasteiger partial charge >= 0.3 is 0 Å². The Morgan fingerprint density at radius 3 is 2.58 bits per heavy atom. The van der Waals surface area contributed by atoms with Crippen LogP contribution in [0.4, 0.5) is 4.39 Å². The molecule has 24 heavy (non-hydrogen) atoms. The number of nitrogens with zero attached hydrogens (tertiary/aromatic N) is 3. The summed E-state index contributed by atoms with van der Waals surface area (Å²) in [7, 11) is 0. The van der Waals surface area contributed by atoms with E-state index in [-0.39, 0.29) is 17.3 Å². The zero-order chi connectivity index (χ0) is 16.6. The lowest BCUT2D eigenvalue weighted by Crippen LogP contribution is -2.60. The molecule has 1 aromatic carbocycles. The average molecular weight is 325 g/mol. The summed E-state index contributed by atoms with van der Waals surface area (Å²) >= 11 is 0. The molecule has 2 aliphatic heterocycles. The first-order valence-electron chi connectivity index (χ1n) is 8.36. The Morgan fingerprint density at radius 2 is 1.92 bits per heavy atom. The summed E-state index contributed by atoms with van der Waals surface area (Å²) in [5.41, 5.74) is 1.71. The largest absolute Gasteiger partial charge is 0.335 e. The number of carbonyl (C=O) groups is 1. The molecule has 1 atom stereocenters. The Kier molecular flexibility index (Phi) is 3.81. The second-order valence-corrected chi connectivity index (χ2v) is 6.71. The number of rotatable bonds is 3. The van der Waals surface area contributed by atoms with Crippen LogP contribution < -0.4 is 0 Å². The SMILES string of the molecule is O=C(c1ccccn1)N1CCC2(CCN2Cc2ccc(F)cc2)C1. The molecule has 0 radical (unpaired) electrons. The summed E-state index contributed by atoms with van der Waals surface area (Å²) in [6, 6.07) is 12.1. The van der Waals surface area contributed by atoms with Crippen LogP contribution in [0.2, 0.25) is 0 Å². The molecule has 1 amide bonds. The maximum atomic E-state index is 13.1. The minimum absolute atomic E-state index is 0.0149. The van der Waals surface area contributed by atoms with E-state index < -0.39 is 0 Å². The Balaban J connectivity index is 1.43. The van der Waals surface area contributed by atoms with Gasteiger partial charge in [0.2, 0.25) is 0 Å². The van der Waals surface area contributed by atoms with Crippen LogP contribution in [0, 0.1) is 5.82 Å². The number of amides is 1. The molecule has 2 saturated heterocycles. The molecule has 2 fully saturated rings. The molecule has 0 bridgehead atoms. The molecule has 0 N–H and O–H groups in total. The van der Waals surface area contributed by atoms with E-state index in [1.807, 2.05) is 29.2 Å². The average Bonchev–Trinajstić information content (AvgIpc) is 3.08. The van der Waals surface area contributed by atoms with E-state index in [1.165, 1.54) is 12.1 Å². The molecule has 1 aromatic heterocycles. The second-order valence-electron chi connectivity index (χ2n) is 6.71. The van der Waals surface area contributed by atoms with Crippen LogP contribution in [0.15, 0.2) is 48.7 Å². The van der Waals surface area contributed by atoms with Crippen molar-refractivity contribution in [2.24, 2.45) is 0 Å². The molecule has 0 aliphatic carbocycles. The zero-order valence-corrected chi connectivity index (χ0v) is 13.5. The topological polar surface area (TPSA) is 36.4 Å². The van der Waals surface area contributed by atoms with Gasteiger partial charge < -0.3 is 4.90 Å². The van der Waals surface area contributed by atoms with Crippen LogP contribution in [-0.4, -0.2) is 45.9 Å². The molecule has 2 aromatic rings. The van der Waals surface area contributed by atoms with E-state index in [4.69, 9.17) is 0 Å². The van der Waals surface area contributed by atoms with Crippen molar-refractivity contribution in [3.05, 3.63) is 65.7 Å². The monoisotopic (exact) mass is 325 g/mol. The van der Waals surface area contributed by atoms with Crippen LogP contribution in [0.3, 0.4) is 0 Å². The van der Waals surface area contributed by atoms with Crippen molar-refractivity contribution >= 4 is 5.91 Å². The molecular formula is C19H20FN3O. The van der Waals surface area contributed by atoms with Gasteiger partial charge in [0.1, 0.15) is 11.5 Å². The van der Waals surface area contributed by atoms with Gasteiger partial charge in [-0.2, -0.15) is 0 Å². The van der Waals surface area contributed by atoms with Gasteiger partial charge in [0.25, 0.3) is 5.91 Å². The minimum atomic E-state index is -0.204. The van der Waals surface area contributed by atoms with Gasteiger partial charge in [-0.15, -0.1) is 0 Å². The van der Waals surface area contributed by atoms with Crippen molar-refractivity contribution in [3.8, 4) is 0 Å². The molecular weight excluding hydrogens is 305 g/mol. The van der Waals surface area contributed by atoms with E-state index in [2.05, 4.69) is 9.88 Å². The number of pyridine rings is 1. The highest BCUT2D eigenvalue weighted by Gasteiger charge is 2.50. The lowest BCUT2D eigenvalue weighted by molar-refractivity contribution is -0.0131. The maximum absolute atomic E-state index is 13.1. The Hall–Kier alpha value is -2.27. The van der Waals surface area contributed by atoms with Crippen LogP contribution in [0.25, 0.3) is 0 Å². The number of hydrogen-bond acceptors (Lipinski definition) is 3. The summed E-state index contributed by atoms with van der Waals surface area (Å²) in [4.78, 5) is 21.1. The number of carbonyl (C=O) groups excluding carboxylic acids is 1. The van der Waals surface area contributed by atoms with Gasteiger partial charge in [0.05, 0.1) is 0 Å². The van der Waals surface area contributed by atoms with E-state index in [0.717, 1.165) is 44.6 Å². The summed E-state index contributed by atoms with van der Waals surface area (Å²) in [5.74, 6) is -0.189. The van der Waals surface area contributed by atoms with E-state index >= 15 is 0 Å². The summed E-state index contributed by atoms with van der Waals surface area (Å²) in [5, 5.41) is 0. The molecule has 2 aliphatic rings. The van der Waals surface area contributed by atoms with Gasteiger partial charge in [-0.1, -0.05) is 18.2 Å². The fourth-order valence-corrected chi connectivity index (χ4v) is 3.79.